The van der Waals surface area contributed by atoms with Crippen LogP contribution in [0.15, 0.2) is 36.4 Å². The second-order valence-electron chi connectivity index (χ2n) is 3.02. The lowest BCUT2D eigenvalue weighted by Crippen LogP contribution is -2.34. The van der Waals surface area contributed by atoms with Crippen molar-refractivity contribution in [1.82, 2.24) is 15.2 Å². The van der Waals surface area contributed by atoms with Crippen LogP contribution in [0.1, 0.15) is 0 Å². The number of nitrogens with zero attached hydrogens (tertiary/aromatic N) is 3. The van der Waals surface area contributed by atoms with Gasteiger partial charge in [0.05, 0.1) is 18.3 Å². The van der Waals surface area contributed by atoms with Crippen molar-refractivity contribution in [3.63, 3.8) is 0 Å². The molecule has 0 saturated heterocycles. The van der Waals surface area contributed by atoms with Crippen molar-refractivity contribution in [2.75, 3.05) is 10.9 Å². The van der Waals surface area contributed by atoms with Crippen LogP contribution in [0.3, 0.4) is 0 Å². The highest BCUT2D eigenvalue weighted by Crippen LogP contribution is 2.14. The zero-order valence-corrected chi connectivity index (χ0v) is 8.57. The number of rotatable bonds is 2. The molecule has 0 atom stereocenters. The minimum absolute atomic E-state index is 0.473. The first-order chi connectivity index (χ1) is 6.79. The molecule has 1 N–H and O–H groups in total. The van der Waals surface area contributed by atoms with Gasteiger partial charge in [0.1, 0.15) is 5.69 Å². The normalized spacial score (nSPS) is 15.3. The highest BCUT2D eigenvalue weighted by Gasteiger charge is 2.08. The summed E-state index contributed by atoms with van der Waals surface area (Å²) in [5.74, 6) is 0.473. The molecule has 1 aromatic rings. The lowest BCUT2D eigenvalue weighted by atomic mass is 10.4. The molecule has 1 aliphatic rings. The monoisotopic (exact) mass is 210 g/mol. The van der Waals surface area contributed by atoms with Gasteiger partial charge in [0.25, 0.3) is 0 Å². The summed E-state index contributed by atoms with van der Waals surface area (Å²) >= 11 is 5.73. The van der Waals surface area contributed by atoms with Crippen molar-refractivity contribution in [3.05, 3.63) is 36.4 Å². The second kappa shape index (κ2) is 3.75. The van der Waals surface area contributed by atoms with Crippen LogP contribution in [-0.4, -0.2) is 15.7 Å². The Bertz CT molecular complexity index is 380. The number of aryl methyl sites for hydroxylation is 1. The maximum Gasteiger partial charge on any atom is 0.100 e. The fourth-order valence-electron chi connectivity index (χ4n) is 1.23. The SMILES string of the molecule is Cn1cc(N2C=CC=C(CCl)N2)cn1. The van der Waals surface area contributed by atoms with Crippen LogP contribution in [0.2, 0.25) is 0 Å². The number of anilines is 1. The van der Waals surface area contributed by atoms with Gasteiger partial charge < -0.3 is 0 Å². The number of nitrogens with one attached hydrogen (secondary N) is 1. The minimum Gasteiger partial charge on any atom is -0.297 e. The summed E-state index contributed by atoms with van der Waals surface area (Å²) in [7, 11) is 1.88. The van der Waals surface area contributed by atoms with E-state index in [2.05, 4.69) is 10.5 Å². The van der Waals surface area contributed by atoms with E-state index in [4.69, 9.17) is 11.6 Å². The second-order valence-corrected chi connectivity index (χ2v) is 3.29. The summed E-state index contributed by atoms with van der Waals surface area (Å²) in [6.07, 6.45) is 9.52. The summed E-state index contributed by atoms with van der Waals surface area (Å²) in [6.45, 7) is 0. The molecule has 0 bridgehead atoms. The number of aromatic nitrogens is 2. The van der Waals surface area contributed by atoms with Crippen LogP contribution >= 0.6 is 11.6 Å². The van der Waals surface area contributed by atoms with Crippen molar-refractivity contribution < 1.29 is 0 Å². The van der Waals surface area contributed by atoms with Gasteiger partial charge in [-0.25, -0.2) is 0 Å². The number of hydrogen-bond donors (Lipinski definition) is 1. The third-order valence-corrected chi connectivity index (χ3v) is 2.20. The van der Waals surface area contributed by atoms with E-state index in [1.165, 1.54) is 0 Å². The van der Waals surface area contributed by atoms with Crippen molar-refractivity contribution in [3.8, 4) is 0 Å². The third kappa shape index (κ3) is 1.75. The Morgan fingerprint density at radius 3 is 3.07 bits per heavy atom. The van der Waals surface area contributed by atoms with Crippen molar-refractivity contribution in [2.45, 2.75) is 0 Å². The van der Waals surface area contributed by atoms with Crippen LogP contribution in [-0.2, 0) is 7.05 Å². The van der Waals surface area contributed by atoms with Crippen LogP contribution in [0, 0.1) is 0 Å². The molecule has 0 radical (unpaired) electrons. The molecular formula is C9H11ClN4. The molecular weight excluding hydrogens is 200 g/mol. The van der Waals surface area contributed by atoms with E-state index < -0.39 is 0 Å². The first-order valence-corrected chi connectivity index (χ1v) is 4.81. The van der Waals surface area contributed by atoms with Crippen LogP contribution in [0.5, 0.6) is 0 Å². The molecule has 5 heteroatoms. The van der Waals surface area contributed by atoms with Crippen molar-refractivity contribution in [1.29, 1.82) is 0 Å². The van der Waals surface area contributed by atoms with Gasteiger partial charge in [0.2, 0.25) is 0 Å². The summed E-state index contributed by atoms with van der Waals surface area (Å²) in [5, 5.41) is 5.97. The molecule has 2 rings (SSSR count). The van der Waals surface area contributed by atoms with Gasteiger partial charge in [-0.2, -0.15) is 5.10 Å². The number of alkyl halides is 1. The first kappa shape index (κ1) is 9.15. The van der Waals surface area contributed by atoms with Gasteiger partial charge >= 0.3 is 0 Å². The summed E-state index contributed by atoms with van der Waals surface area (Å²) in [6, 6.07) is 0. The Balaban J connectivity index is 2.15. The van der Waals surface area contributed by atoms with E-state index >= 15 is 0 Å². The molecule has 74 valence electrons. The molecule has 0 fully saturated rings. The highest BCUT2D eigenvalue weighted by molar-refractivity contribution is 6.19. The van der Waals surface area contributed by atoms with Gasteiger partial charge in [-0.1, -0.05) is 0 Å². The van der Waals surface area contributed by atoms with Gasteiger partial charge in [-0.15, -0.1) is 11.6 Å². The Morgan fingerprint density at radius 1 is 1.57 bits per heavy atom. The molecule has 0 amide bonds. The van der Waals surface area contributed by atoms with Gasteiger partial charge in [-0.05, 0) is 12.2 Å². The molecule has 0 aliphatic carbocycles. The van der Waals surface area contributed by atoms with E-state index in [9.17, 15) is 0 Å². The number of hydrazine groups is 1. The van der Waals surface area contributed by atoms with Gasteiger partial charge in [0.15, 0.2) is 0 Å². The third-order valence-electron chi connectivity index (χ3n) is 1.91. The zero-order chi connectivity index (χ0) is 9.97. The lowest BCUT2D eigenvalue weighted by molar-refractivity contribution is 0.765. The summed E-state index contributed by atoms with van der Waals surface area (Å²) in [5.41, 5.74) is 5.11. The van der Waals surface area contributed by atoms with Crippen molar-refractivity contribution >= 4 is 17.3 Å². The Kier molecular flexibility index (Phi) is 2.45. The van der Waals surface area contributed by atoms with Crippen LogP contribution in [0.25, 0.3) is 0 Å². The molecule has 1 aliphatic heterocycles. The maximum absolute atomic E-state index is 5.73. The van der Waals surface area contributed by atoms with Crippen LogP contribution in [0.4, 0.5) is 5.69 Å². The van der Waals surface area contributed by atoms with E-state index in [0.29, 0.717) is 5.88 Å². The van der Waals surface area contributed by atoms with Gasteiger partial charge in [0, 0.05) is 18.9 Å². The molecule has 4 nitrogen and oxygen atoms in total. The quantitative estimate of drug-likeness (QED) is 0.749. The zero-order valence-electron chi connectivity index (χ0n) is 7.81. The predicted molar refractivity (Wildman–Crippen MR) is 56.8 cm³/mol. The Hall–Kier alpha value is -1.42. The molecule has 0 saturated carbocycles. The van der Waals surface area contributed by atoms with E-state index in [1.807, 2.05) is 36.6 Å². The predicted octanol–water partition coefficient (Wildman–Crippen LogP) is 1.38. The topological polar surface area (TPSA) is 33.1 Å². The first-order valence-electron chi connectivity index (χ1n) is 4.27. The Labute approximate surface area is 87.4 Å². The van der Waals surface area contributed by atoms with E-state index in [1.54, 1.807) is 10.9 Å². The fraction of sp³-hybridized carbons (Fsp3) is 0.222. The van der Waals surface area contributed by atoms with E-state index in [-0.39, 0.29) is 0 Å². The van der Waals surface area contributed by atoms with Crippen LogP contribution < -0.4 is 10.4 Å². The summed E-state index contributed by atoms with van der Waals surface area (Å²) < 4.78 is 1.75. The minimum atomic E-state index is 0.473. The molecule has 2 heterocycles. The fourth-order valence-corrected chi connectivity index (χ4v) is 1.38. The molecule has 0 aromatic carbocycles. The Morgan fingerprint density at radius 2 is 2.43 bits per heavy atom. The maximum atomic E-state index is 5.73. The van der Waals surface area contributed by atoms with Gasteiger partial charge in [-0.3, -0.25) is 15.1 Å². The lowest BCUT2D eigenvalue weighted by Gasteiger charge is -2.24. The average molecular weight is 211 g/mol. The van der Waals surface area contributed by atoms with Crippen molar-refractivity contribution in [2.24, 2.45) is 7.05 Å². The molecule has 0 spiro atoms. The number of allylic oxidation sites excluding steroid dienone is 3. The number of hydrogen-bond acceptors (Lipinski definition) is 3. The number of halogens is 1. The molecule has 14 heavy (non-hydrogen) atoms. The smallest absolute Gasteiger partial charge is 0.100 e. The van der Waals surface area contributed by atoms with E-state index in [0.717, 1.165) is 11.4 Å². The standard InChI is InChI=1S/C9H11ClN4/c1-13-7-9(6-11-13)14-4-2-3-8(5-10)12-14/h2-4,6-7,12H,5H2,1H3. The highest BCUT2D eigenvalue weighted by atomic mass is 35.5. The molecule has 0 unspecified atom stereocenters. The summed E-state index contributed by atoms with van der Waals surface area (Å²) in [4.78, 5) is 0. The average Bonchev–Trinajstić information content (AvgIpc) is 2.65. The largest absolute Gasteiger partial charge is 0.297 e. The molecule has 1 aromatic heterocycles.